The van der Waals surface area contributed by atoms with Gasteiger partial charge in [-0.25, -0.2) is 4.79 Å². The Morgan fingerprint density at radius 1 is 1.19 bits per heavy atom. The zero-order valence-corrected chi connectivity index (χ0v) is 15.7. The predicted octanol–water partition coefficient (Wildman–Crippen LogP) is 3.45. The predicted molar refractivity (Wildman–Crippen MR) is 101 cm³/mol. The van der Waals surface area contributed by atoms with Crippen LogP contribution in [0.2, 0.25) is 10.0 Å². The summed E-state index contributed by atoms with van der Waals surface area (Å²) in [6.07, 6.45) is -1.02. The van der Waals surface area contributed by atoms with Gasteiger partial charge in [-0.05, 0) is 36.8 Å². The minimum Gasteiger partial charge on any atom is -0.497 e. The van der Waals surface area contributed by atoms with Gasteiger partial charge in [0.05, 0.1) is 23.4 Å². The van der Waals surface area contributed by atoms with Crippen molar-refractivity contribution < 1.29 is 19.1 Å². The summed E-state index contributed by atoms with van der Waals surface area (Å²) in [5.41, 5.74) is 6.70. The van der Waals surface area contributed by atoms with Gasteiger partial charge in [0.2, 0.25) is 0 Å². The average Bonchev–Trinajstić information content (AvgIpc) is 2.62. The number of rotatable bonds is 6. The summed E-state index contributed by atoms with van der Waals surface area (Å²) in [6, 6.07) is 9.98. The maximum absolute atomic E-state index is 12.2. The summed E-state index contributed by atoms with van der Waals surface area (Å²) >= 11 is 11.8. The number of benzene rings is 2. The number of carbonyl (C=O) groups is 2. The molecule has 1 amide bonds. The maximum Gasteiger partial charge on any atom is 0.341 e. The van der Waals surface area contributed by atoms with E-state index in [1.165, 1.54) is 19.1 Å². The van der Waals surface area contributed by atoms with Gasteiger partial charge >= 0.3 is 5.97 Å². The third-order valence-corrected chi connectivity index (χ3v) is 4.12. The molecule has 8 heteroatoms. The van der Waals surface area contributed by atoms with Gasteiger partial charge in [0.1, 0.15) is 5.75 Å². The van der Waals surface area contributed by atoms with Crippen molar-refractivity contribution in [3.05, 3.63) is 57.6 Å². The molecule has 2 aromatic carbocycles. The van der Waals surface area contributed by atoms with Gasteiger partial charge in [0.15, 0.2) is 6.10 Å². The van der Waals surface area contributed by atoms with Gasteiger partial charge in [-0.2, -0.15) is 0 Å². The van der Waals surface area contributed by atoms with E-state index in [0.29, 0.717) is 0 Å². The number of nitrogens with two attached hydrogens (primary N) is 1. The summed E-state index contributed by atoms with van der Waals surface area (Å²) in [6.45, 7) is 1.75. The lowest BCUT2D eigenvalue weighted by atomic mass is 10.2. The van der Waals surface area contributed by atoms with Crippen LogP contribution in [-0.4, -0.2) is 25.1 Å². The van der Waals surface area contributed by atoms with E-state index in [1.807, 2.05) is 12.1 Å². The number of ether oxygens (including phenoxy) is 2. The lowest BCUT2D eigenvalue weighted by Crippen LogP contribution is -2.35. The Labute approximate surface area is 161 Å². The highest BCUT2D eigenvalue weighted by atomic mass is 35.5. The highest BCUT2D eigenvalue weighted by molar-refractivity contribution is 6.37. The van der Waals surface area contributed by atoms with Crippen molar-refractivity contribution in [2.24, 2.45) is 0 Å². The Morgan fingerprint density at radius 2 is 1.85 bits per heavy atom. The van der Waals surface area contributed by atoms with Crippen molar-refractivity contribution in [3.8, 4) is 5.75 Å². The fourth-order valence-corrected chi connectivity index (χ4v) is 2.60. The summed E-state index contributed by atoms with van der Waals surface area (Å²) < 4.78 is 10.2. The quantitative estimate of drug-likeness (QED) is 0.576. The fraction of sp³-hybridized carbons (Fsp3) is 0.222. The number of nitrogens with one attached hydrogen (secondary N) is 1. The zero-order chi connectivity index (χ0) is 19.3. The van der Waals surface area contributed by atoms with Gasteiger partial charge in [0.25, 0.3) is 5.91 Å². The third kappa shape index (κ3) is 5.03. The third-order valence-electron chi connectivity index (χ3n) is 3.59. The molecule has 0 unspecified atom stereocenters. The summed E-state index contributed by atoms with van der Waals surface area (Å²) in [4.78, 5) is 24.3. The molecule has 0 bridgehead atoms. The molecule has 0 heterocycles. The van der Waals surface area contributed by atoms with Crippen LogP contribution in [0.25, 0.3) is 0 Å². The zero-order valence-electron chi connectivity index (χ0n) is 14.2. The smallest absolute Gasteiger partial charge is 0.341 e. The topological polar surface area (TPSA) is 90.6 Å². The molecule has 2 rings (SSSR count). The Morgan fingerprint density at radius 3 is 2.46 bits per heavy atom. The number of carbonyl (C=O) groups excluding carboxylic acids is 2. The largest absolute Gasteiger partial charge is 0.497 e. The standard InChI is InChI=1S/C18H18Cl2N2O4/c1-10(17(23)22-9-11-3-5-13(25-2)6-4-11)26-18(24)14-7-12(19)8-15(20)16(14)21/h3-8,10H,9,21H2,1-2H3,(H,22,23)/t10-/m0/s1. The molecular weight excluding hydrogens is 379 g/mol. The minimum absolute atomic E-state index is 0.0114. The molecule has 0 saturated carbocycles. The van der Waals surface area contributed by atoms with Crippen LogP contribution < -0.4 is 15.8 Å². The van der Waals surface area contributed by atoms with E-state index in [-0.39, 0.29) is 27.8 Å². The van der Waals surface area contributed by atoms with Gasteiger partial charge in [-0.1, -0.05) is 35.3 Å². The highest BCUT2D eigenvalue weighted by Gasteiger charge is 2.21. The summed E-state index contributed by atoms with van der Waals surface area (Å²) in [5, 5.41) is 3.07. The molecule has 0 aliphatic rings. The molecule has 1 atom stereocenters. The maximum atomic E-state index is 12.2. The van der Waals surface area contributed by atoms with Crippen LogP contribution in [0.3, 0.4) is 0 Å². The molecule has 0 spiro atoms. The molecule has 0 aromatic heterocycles. The second-order valence-electron chi connectivity index (χ2n) is 5.46. The first kappa shape index (κ1) is 19.9. The van der Waals surface area contributed by atoms with Gasteiger partial charge in [-0.15, -0.1) is 0 Å². The molecule has 0 saturated heterocycles. The number of halogens is 2. The van der Waals surface area contributed by atoms with Crippen molar-refractivity contribution in [2.75, 3.05) is 12.8 Å². The first-order chi connectivity index (χ1) is 12.3. The van der Waals surface area contributed by atoms with E-state index in [9.17, 15) is 9.59 Å². The van der Waals surface area contributed by atoms with Crippen molar-refractivity contribution in [3.63, 3.8) is 0 Å². The van der Waals surface area contributed by atoms with Crippen LogP contribution in [0.5, 0.6) is 5.75 Å². The molecular formula is C18H18Cl2N2O4. The monoisotopic (exact) mass is 396 g/mol. The van der Waals surface area contributed by atoms with Crippen molar-refractivity contribution in [1.82, 2.24) is 5.32 Å². The molecule has 2 aromatic rings. The van der Waals surface area contributed by atoms with Crippen LogP contribution >= 0.6 is 23.2 Å². The Bertz CT molecular complexity index is 810. The van der Waals surface area contributed by atoms with Gasteiger partial charge in [0, 0.05) is 11.6 Å². The number of hydrogen-bond donors (Lipinski definition) is 2. The normalized spacial score (nSPS) is 11.5. The van der Waals surface area contributed by atoms with E-state index in [1.54, 1.807) is 19.2 Å². The van der Waals surface area contributed by atoms with E-state index in [4.69, 9.17) is 38.4 Å². The Hall–Kier alpha value is -2.44. The van der Waals surface area contributed by atoms with Crippen LogP contribution in [0.4, 0.5) is 5.69 Å². The molecule has 0 aliphatic heterocycles. The number of nitrogen functional groups attached to an aromatic ring is 1. The Balaban J connectivity index is 1.94. The molecule has 0 fully saturated rings. The van der Waals surface area contributed by atoms with Crippen LogP contribution in [0.1, 0.15) is 22.8 Å². The van der Waals surface area contributed by atoms with E-state index >= 15 is 0 Å². The van der Waals surface area contributed by atoms with E-state index in [0.717, 1.165) is 11.3 Å². The molecule has 6 nitrogen and oxygen atoms in total. The van der Waals surface area contributed by atoms with E-state index < -0.39 is 18.0 Å². The van der Waals surface area contributed by atoms with Crippen molar-refractivity contribution in [1.29, 1.82) is 0 Å². The molecule has 0 radical (unpaired) electrons. The molecule has 0 aliphatic carbocycles. The van der Waals surface area contributed by atoms with Crippen molar-refractivity contribution >= 4 is 40.8 Å². The average molecular weight is 397 g/mol. The van der Waals surface area contributed by atoms with Crippen molar-refractivity contribution in [2.45, 2.75) is 19.6 Å². The van der Waals surface area contributed by atoms with E-state index in [2.05, 4.69) is 5.32 Å². The lowest BCUT2D eigenvalue weighted by molar-refractivity contribution is -0.129. The highest BCUT2D eigenvalue weighted by Crippen LogP contribution is 2.28. The Kier molecular flexibility index (Phi) is 6.71. The van der Waals surface area contributed by atoms with Crippen LogP contribution in [0.15, 0.2) is 36.4 Å². The molecule has 3 N–H and O–H groups in total. The number of esters is 1. The summed E-state index contributed by atoms with van der Waals surface area (Å²) in [5.74, 6) is -0.500. The van der Waals surface area contributed by atoms with Crippen LogP contribution in [0, 0.1) is 0 Å². The molecule has 26 heavy (non-hydrogen) atoms. The lowest BCUT2D eigenvalue weighted by Gasteiger charge is -2.15. The molecule has 138 valence electrons. The first-order valence-electron chi connectivity index (χ1n) is 7.68. The second-order valence-corrected chi connectivity index (χ2v) is 6.31. The number of methoxy groups -OCH3 is 1. The van der Waals surface area contributed by atoms with Gasteiger partial charge < -0.3 is 20.5 Å². The summed E-state index contributed by atoms with van der Waals surface area (Å²) in [7, 11) is 1.58. The van der Waals surface area contributed by atoms with Gasteiger partial charge in [-0.3, -0.25) is 4.79 Å². The number of amides is 1. The second kappa shape index (κ2) is 8.78. The van der Waals surface area contributed by atoms with Crippen LogP contribution in [-0.2, 0) is 16.1 Å². The minimum atomic E-state index is -1.02. The fourth-order valence-electron chi connectivity index (χ4n) is 2.11. The number of anilines is 1. The SMILES string of the molecule is COc1ccc(CNC(=O)[C@H](C)OC(=O)c2cc(Cl)cc(Cl)c2N)cc1. The number of hydrogen-bond acceptors (Lipinski definition) is 5. The first-order valence-corrected chi connectivity index (χ1v) is 8.43.